The summed E-state index contributed by atoms with van der Waals surface area (Å²) < 4.78 is 0. The van der Waals surface area contributed by atoms with Crippen molar-refractivity contribution in [2.75, 3.05) is 10.2 Å². The molecule has 0 radical (unpaired) electrons. The van der Waals surface area contributed by atoms with Gasteiger partial charge in [-0.25, -0.2) is 4.90 Å². The molecule has 30 heavy (non-hydrogen) atoms. The first kappa shape index (κ1) is 17.9. The van der Waals surface area contributed by atoms with E-state index in [0.29, 0.717) is 33.8 Å². The summed E-state index contributed by atoms with van der Waals surface area (Å²) >= 11 is 5.98. The number of anilines is 2. The number of carbonyl (C=O) groups excluding carboxylic acids is 3. The zero-order valence-corrected chi connectivity index (χ0v) is 16.8. The second-order valence-corrected chi connectivity index (χ2v) is 9.12. The number of carbonyl (C=O) groups is 3. The van der Waals surface area contributed by atoms with Gasteiger partial charge in [0.05, 0.1) is 17.5 Å². The van der Waals surface area contributed by atoms with Gasteiger partial charge in [0.2, 0.25) is 11.8 Å². The molecule has 150 valence electrons. The highest BCUT2D eigenvalue weighted by molar-refractivity contribution is 6.31. The number of rotatable bonds is 3. The number of halogens is 1. The summed E-state index contributed by atoms with van der Waals surface area (Å²) in [7, 11) is 0. The summed E-state index contributed by atoms with van der Waals surface area (Å²) in [5.74, 6) is 0.422. The molecule has 3 amide bonds. The molecule has 0 aromatic heterocycles. The Morgan fingerprint density at radius 2 is 1.60 bits per heavy atom. The summed E-state index contributed by atoms with van der Waals surface area (Å²) in [5, 5.41) is 3.33. The monoisotopic (exact) mass is 418 g/mol. The van der Waals surface area contributed by atoms with Crippen LogP contribution in [-0.2, 0) is 9.59 Å². The van der Waals surface area contributed by atoms with E-state index in [0.717, 1.165) is 6.42 Å². The Hall–Kier alpha value is -2.92. The minimum Gasteiger partial charge on any atom is -0.322 e. The SMILES string of the molecule is O=C(Nc1cccc(Cl)c1)c1cccc(N2C(=O)[C@@H]3[C@H]4C=C[C@@H]([C@@H]5C[C@H]45)[C@H]3C2=O)c1. The maximum absolute atomic E-state index is 13.3. The van der Waals surface area contributed by atoms with Crippen LogP contribution in [0.3, 0.4) is 0 Å². The normalized spacial score (nSPS) is 32.8. The van der Waals surface area contributed by atoms with E-state index in [1.165, 1.54) is 4.90 Å². The minimum atomic E-state index is -0.321. The van der Waals surface area contributed by atoms with Crippen molar-refractivity contribution in [3.8, 4) is 0 Å². The molecule has 6 heteroatoms. The van der Waals surface area contributed by atoms with Crippen LogP contribution in [0.15, 0.2) is 60.7 Å². The van der Waals surface area contributed by atoms with Crippen molar-refractivity contribution in [2.45, 2.75) is 6.42 Å². The Labute approximate surface area is 178 Å². The van der Waals surface area contributed by atoms with E-state index in [2.05, 4.69) is 17.5 Å². The maximum atomic E-state index is 13.3. The summed E-state index contributed by atoms with van der Waals surface area (Å²) in [6.45, 7) is 0. The van der Waals surface area contributed by atoms with Crippen LogP contribution in [0.1, 0.15) is 16.8 Å². The molecule has 1 saturated heterocycles. The predicted molar refractivity (Wildman–Crippen MR) is 113 cm³/mol. The molecule has 0 spiro atoms. The fourth-order valence-corrected chi connectivity index (χ4v) is 5.96. The molecule has 2 saturated carbocycles. The Balaban J connectivity index is 1.29. The van der Waals surface area contributed by atoms with E-state index in [-0.39, 0.29) is 41.4 Å². The van der Waals surface area contributed by atoms with Crippen molar-refractivity contribution >= 4 is 40.7 Å². The molecule has 1 heterocycles. The number of imide groups is 1. The van der Waals surface area contributed by atoms with E-state index in [1.54, 1.807) is 48.5 Å². The van der Waals surface area contributed by atoms with E-state index in [9.17, 15) is 14.4 Å². The van der Waals surface area contributed by atoms with Crippen LogP contribution in [0.4, 0.5) is 11.4 Å². The molecule has 1 aliphatic heterocycles. The Bertz CT molecular complexity index is 1110. The van der Waals surface area contributed by atoms with Gasteiger partial charge in [0.15, 0.2) is 0 Å². The van der Waals surface area contributed by atoms with E-state index in [1.807, 2.05) is 0 Å². The first-order valence-electron chi connectivity index (χ1n) is 10.3. The third-order valence-electron chi connectivity index (χ3n) is 7.11. The topological polar surface area (TPSA) is 66.5 Å². The van der Waals surface area contributed by atoms with Gasteiger partial charge in [0, 0.05) is 16.3 Å². The number of hydrogen-bond acceptors (Lipinski definition) is 3. The fraction of sp³-hybridized carbons (Fsp3) is 0.292. The average molecular weight is 419 g/mol. The van der Waals surface area contributed by atoms with Gasteiger partial charge in [-0.3, -0.25) is 14.4 Å². The quantitative estimate of drug-likeness (QED) is 0.601. The van der Waals surface area contributed by atoms with E-state index in [4.69, 9.17) is 11.6 Å². The third-order valence-corrected chi connectivity index (χ3v) is 7.35. The van der Waals surface area contributed by atoms with Crippen LogP contribution in [0.2, 0.25) is 5.02 Å². The molecule has 5 nitrogen and oxygen atoms in total. The standard InChI is InChI=1S/C24H19ClN2O3/c25-13-4-2-5-14(10-13)26-22(28)12-3-1-6-15(9-12)27-23(29)20-16-7-8-17(19-11-18(16)19)21(20)24(27)30/h1-10,16-21H,11H2,(H,26,28)/t16-,17-,18-,19+,20+,21+/m0/s1. The van der Waals surface area contributed by atoms with Crippen molar-refractivity contribution < 1.29 is 14.4 Å². The maximum Gasteiger partial charge on any atom is 0.255 e. The van der Waals surface area contributed by atoms with E-state index < -0.39 is 0 Å². The van der Waals surface area contributed by atoms with Gasteiger partial charge in [-0.2, -0.15) is 0 Å². The van der Waals surface area contributed by atoms with Crippen LogP contribution < -0.4 is 10.2 Å². The van der Waals surface area contributed by atoms with Crippen LogP contribution in [0, 0.1) is 35.5 Å². The Morgan fingerprint density at radius 1 is 0.933 bits per heavy atom. The first-order valence-corrected chi connectivity index (χ1v) is 10.6. The van der Waals surface area contributed by atoms with Gasteiger partial charge in [-0.1, -0.05) is 35.9 Å². The molecule has 5 aliphatic rings. The minimum absolute atomic E-state index is 0.123. The highest BCUT2D eigenvalue weighted by atomic mass is 35.5. The van der Waals surface area contributed by atoms with Crippen molar-refractivity contribution in [1.29, 1.82) is 0 Å². The molecular formula is C24H19ClN2O3. The smallest absolute Gasteiger partial charge is 0.255 e. The summed E-state index contributed by atoms with van der Waals surface area (Å²) in [6, 6.07) is 13.6. The van der Waals surface area contributed by atoms with E-state index >= 15 is 0 Å². The number of nitrogens with zero attached hydrogens (tertiary/aromatic N) is 1. The molecule has 3 fully saturated rings. The molecule has 7 rings (SSSR count). The second kappa shape index (κ2) is 6.29. The molecule has 2 aromatic carbocycles. The van der Waals surface area contributed by atoms with Crippen molar-refractivity contribution in [2.24, 2.45) is 35.5 Å². The number of allylic oxidation sites excluding steroid dienone is 2. The number of hydrogen-bond donors (Lipinski definition) is 1. The predicted octanol–water partition coefficient (Wildman–Crippen LogP) is 4.15. The van der Waals surface area contributed by atoms with Crippen LogP contribution >= 0.6 is 11.6 Å². The number of nitrogens with one attached hydrogen (secondary N) is 1. The number of amides is 3. The third kappa shape index (κ3) is 2.51. The van der Waals surface area contributed by atoms with Gasteiger partial charge < -0.3 is 5.32 Å². The van der Waals surface area contributed by atoms with Gasteiger partial charge >= 0.3 is 0 Å². The summed E-state index contributed by atoms with van der Waals surface area (Å²) in [6.07, 6.45) is 5.45. The lowest BCUT2D eigenvalue weighted by Crippen LogP contribution is -2.40. The Morgan fingerprint density at radius 3 is 2.27 bits per heavy atom. The lowest BCUT2D eigenvalue weighted by atomic mass is 9.63. The zero-order chi connectivity index (χ0) is 20.6. The highest BCUT2D eigenvalue weighted by Crippen LogP contribution is 2.65. The molecule has 4 aliphatic carbocycles. The van der Waals surface area contributed by atoms with Crippen LogP contribution in [-0.4, -0.2) is 17.7 Å². The molecule has 0 unspecified atom stereocenters. The van der Waals surface area contributed by atoms with Crippen LogP contribution in [0.5, 0.6) is 0 Å². The summed E-state index contributed by atoms with van der Waals surface area (Å²) in [5.41, 5.74) is 1.43. The first-order chi connectivity index (χ1) is 14.5. The molecule has 2 bridgehead atoms. The molecule has 1 N–H and O–H groups in total. The number of benzene rings is 2. The largest absolute Gasteiger partial charge is 0.322 e. The van der Waals surface area contributed by atoms with Crippen molar-refractivity contribution in [3.63, 3.8) is 0 Å². The highest BCUT2D eigenvalue weighted by Gasteiger charge is 2.67. The molecule has 2 aromatic rings. The van der Waals surface area contributed by atoms with Crippen molar-refractivity contribution in [3.05, 3.63) is 71.3 Å². The van der Waals surface area contributed by atoms with Crippen molar-refractivity contribution in [1.82, 2.24) is 0 Å². The molecule has 6 atom stereocenters. The van der Waals surface area contributed by atoms with Gasteiger partial charge in [0.25, 0.3) is 5.91 Å². The lowest BCUT2D eigenvalue weighted by molar-refractivity contribution is -0.124. The van der Waals surface area contributed by atoms with Gasteiger partial charge in [-0.05, 0) is 66.5 Å². The fourth-order valence-electron chi connectivity index (χ4n) is 5.77. The van der Waals surface area contributed by atoms with Gasteiger partial charge in [-0.15, -0.1) is 0 Å². The Kier molecular flexibility index (Phi) is 3.75. The average Bonchev–Trinajstić information content (AvgIpc) is 3.52. The zero-order valence-electron chi connectivity index (χ0n) is 16.0. The lowest BCUT2D eigenvalue weighted by Gasteiger charge is -2.37. The van der Waals surface area contributed by atoms with Gasteiger partial charge in [0.1, 0.15) is 0 Å². The van der Waals surface area contributed by atoms with Crippen LogP contribution in [0.25, 0.3) is 0 Å². The second-order valence-electron chi connectivity index (χ2n) is 8.68. The summed E-state index contributed by atoms with van der Waals surface area (Å²) in [4.78, 5) is 40.6. The molecular weight excluding hydrogens is 400 g/mol.